The number of hydrogen-bond acceptors (Lipinski definition) is 5. The third kappa shape index (κ3) is 4.72. The van der Waals surface area contributed by atoms with Gasteiger partial charge in [0.25, 0.3) is 5.91 Å². The van der Waals surface area contributed by atoms with Crippen LogP contribution in [0, 0.1) is 5.82 Å². The third-order valence-corrected chi connectivity index (χ3v) is 4.71. The monoisotopic (exact) mass is 424 g/mol. The molecule has 2 aromatic heterocycles. The predicted octanol–water partition coefficient (Wildman–Crippen LogP) is 3.50. The number of fused-ring (bicyclic) bond motifs is 1. The summed E-state index contributed by atoms with van der Waals surface area (Å²) in [4.78, 5) is 12.1. The van der Waals surface area contributed by atoms with Gasteiger partial charge in [-0.15, -0.1) is 15.3 Å². The quantitative estimate of drug-likeness (QED) is 0.474. The van der Waals surface area contributed by atoms with Crippen molar-refractivity contribution in [3.63, 3.8) is 0 Å². The Morgan fingerprint density at radius 3 is 2.53 bits per heavy atom. The molecule has 1 amide bonds. The van der Waals surface area contributed by atoms with Crippen molar-refractivity contribution in [3.05, 3.63) is 88.5 Å². The number of carbonyl (C=O) groups excluding carboxylic acids is 1. The van der Waals surface area contributed by atoms with E-state index in [1.54, 1.807) is 4.52 Å². The summed E-state index contributed by atoms with van der Waals surface area (Å²) in [5.74, 6) is 0.642. The van der Waals surface area contributed by atoms with Gasteiger partial charge in [0.05, 0.1) is 0 Å². The normalized spacial score (nSPS) is 10.9. The van der Waals surface area contributed by atoms with E-state index in [9.17, 15) is 9.18 Å². The third-order valence-electron chi connectivity index (χ3n) is 4.45. The van der Waals surface area contributed by atoms with Crippen LogP contribution in [0.4, 0.5) is 10.2 Å². The highest BCUT2D eigenvalue weighted by molar-refractivity contribution is 6.30. The molecule has 0 bridgehead atoms. The van der Waals surface area contributed by atoms with Gasteiger partial charge in [-0.1, -0.05) is 23.7 Å². The highest BCUT2D eigenvalue weighted by Crippen LogP contribution is 2.12. The number of nitrogens with zero attached hydrogens (tertiary/aromatic N) is 4. The van der Waals surface area contributed by atoms with Gasteiger partial charge < -0.3 is 10.6 Å². The van der Waals surface area contributed by atoms with Crippen molar-refractivity contribution >= 4 is 29.0 Å². The van der Waals surface area contributed by atoms with E-state index in [0.717, 1.165) is 5.56 Å². The van der Waals surface area contributed by atoms with Gasteiger partial charge in [0.1, 0.15) is 11.6 Å². The number of amides is 1. The Balaban J connectivity index is 1.38. The van der Waals surface area contributed by atoms with Gasteiger partial charge in [-0.3, -0.25) is 4.79 Å². The van der Waals surface area contributed by atoms with E-state index in [-0.39, 0.29) is 11.7 Å². The molecule has 30 heavy (non-hydrogen) atoms. The summed E-state index contributed by atoms with van der Waals surface area (Å²) in [6.07, 6.45) is 0.446. The molecule has 0 aliphatic heterocycles. The summed E-state index contributed by atoms with van der Waals surface area (Å²) in [7, 11) is 0. The van der Waals surface area contributed by atoms with Gasteiger partial charge in [-0.05, 0) is 54.1 Å². The van der Waals surface area contributed by atoms with E-state index in [4.69, 9.17) is 11.6 Å². The molecule has 152 valence electrons. The smallest absolute Gasteiger partial charge is 0.251 e. The number of anilines is 1. The Hall–Kier alpha value is -3.52. The molecule has 9 heteroatoms. The van der Waals surface area contributed by atoms with Crippen molar-refractivity contribution in [2.24, 2.45) is 0 Å². The fraction of sp³-hybridized carbons (Fsp3) is 0.143. The van der Waals surface area contributed by atoms with Crippen molar-refractivity contribution in [2.75, 3.05) is 11.9 Å². The lowest BCUT2D eigenvalue weighted by Gasteiger charge is -2.07. The summed E-state index contributed by atoms with van der Waals surface area (Å²) in [5.41, 5.74) is 2.09. The minimum Gasteiger partial charge on any atom is -0.365 e. The lowest BCUT2D eigenvalue weighted by atomic mass is 10.2. The molecule has 0 fully saturated rings. The van der Waals surface area contributed by atoms with Gasteiger partial charge in [0.15, 0.2) is 11.5 Å². The molecule has 0 aliphatic carbocycles. The molecule has 2 aromatic carbocycles. The number of rotatable bonds is 7. The molecule has 0 aliphatic rings. The Morgan fingerprint density at radius 2 is 1.77 bits per heavy atom. The number of benzene rings is 2. The van der Waals surface area contributed by atoms with Crippen molar-refractivity contribution in [3.8, 4) is 0 Å². The van der Waals surface area contributed by atoms with E-state index in [2.05, 4.69) is 25.9 Å². The van der Waals surface area contributed by atoms with Crippen LogP contribution in [-0.4, -0.2) is 32.3 Å². The number of halogens is 2. The molecule has 4 rings (SSSR count). The lowest BCUT2D eigenvalue weighted by molar-refractivity contribution is 0.0954. The van der Waals surface area contributed by atoms with Crippen LogP contribution in [0.3, 0.4) is 0 Å². The average molecular weight is 425 g/mol. The second-order valence-electron chi connectivity index (χ2n) is 6.60. The summed E-state index contributed by atoms with van der Waals surface area (Å²) >= 11 is 5.91. The number of hydrogen-bond donors (Lipinski definition) is 2. The maximum absolute atomic E-state index is 13.0. The van der Waals surface area contributed by atoms with Gasteiger partial charge in [0.2, 0.25) is 0 Å². The summed E-state index contributed by atoms with van der Waals surface area (Å²) in [5, 5.41) is 19.5. The standard InChI is InChI=1S/C21H18ClFN6O/c22-16-5-1-14(2-6-16)13-25-18-9-10-19-26-27-20(29(19)28-18)11-12-24-21(30)15-3-7-17(23)8-4-15/h1-10H,11-13H2,(H,24,30)(H,25,28). The van der Waals surface area contributed by atoms with E-state index in [1.165, 1.54) is 24.3 Å². The zero-order valence-corrected chi connectivity index (χ0v) is 16.6. The SMILES string of the molecule is O=C(NCCc1nnc2ccc(NCc3ccc(Cl)cc3)nn12)c1ccc(F)cc1. The Labute approximate surface area is 176 Å². The molecule has 0 saturated heterocycles. The first-order chi connectivity index (χ1) is 14.6. The van der Waals surface area contributed by atoms with Crippen LogP contribution >= 0.6 is 11.6 Å². The van der Waals surface area contributed by atoms with Crippen LogP contribution in [0.15, 0.2) is 60.7 Å². The number of nitrogens with one attached hydrogen (secondary N) is 2. The van der Waals surface area contributed by atoms with Crippen molar-refractivity contribution in [1.82, 2.24) is 25.1 Å². The van der Waals surface area contributed by atoms with Gasteiger partial charge >= 0.3 is 0 Å². The lowest BCUT2D eigenvalue weighted by Crippen LogP contribution is -2.26. The van der Waals surface area contributed by atoms with E-state index < -0.39 is 0 Å². The summed E-state index contributed by atoms with van der Waals surface area (Å²) in [6, 6.07) is 16.6. The zero-order valence-electron chi connectivity index (χ0n) is 15.8. The highest BCUT2D eigenvalue weighted by atomic mass is 35.5. The molecule has 0 radical (unpaired) electrons. The van der Waals surface area contributed by atoms with Crippen LogP contribution in [0.5, 0.6) is 0 Å². The van der Waals surface area contributed by atoms with Crippen LogP contribution in [0.2, 0.25) is 5.02 Å². The highest BCUT2D eigenvalue weighted by Gasteiger charge is 2.10. The van der Waals surface area contributed by atoms with Crippen LogP contribution < -0.4 is 10.6 Å². The minimum atomic E-state index is -0.381. The molecular weight excluding hydrogens is 407 g/mol. The molecule has 0 saturated carbocycles. The molecule has 0 atom stereocenters. The average Bonchev–Trinajstić information content (AvgIpc) is 3.16. The topological polar surface area (TPSA) is 84.2 Å². The molecule has 4 aromatic rings. The molecular formula is C21H18ClFN6O. The van der Waals surface area contributed by atoms with E-state index >= 15 is 0 Å². The van der Waals surface area contributed by atoms with Crippen molar-refractivity contribution in [2.45, 2.75) is 13.0 Å². The van der Waals surface area contributed by atoms with E-state index in [1.807, 2.05) is 36.4 Å². The molecule has 0 spiro atoms. The maximum atomic E-state index is 13.0. The molecule has 2 heterocycles. The van der Waals surface area contributed by atoms with Crippen molar-refractivity contribution in [1.29, 1.82) is 0 Å². The first kappa shape index (κ1) is 19.8. The molecule has 0 unspecified atom stereocenters. The second-order valence-corrected chi connectivity index (χ2v) is 7.03. The Kier molecular flexibility index (Phi) is 5.85. The Morgan fingerprint density at radius 1 is 1.00 bits per heavy atom. The van der Waals surface area contributed by atoms with Gasteiger partial charge in [-0.2, -0.15) is 4.52 Å². The Bertz CT molecular complexity index is 1160. The molecule has 2 N–H and O–H groups in total. The fourth-order valence-electron chi connectivity index (χ4n) is 2.87. The molecule has 7 nitrogen and oxygen atoms in total. The van der Waals surface area contributed by atoms with Crippen LogP contribution in [0.25, 0.3) is 5.65 Å². The maximum Gasteiger partial charge on any atom is 0.251 e. The van der Waals surface area contributed by atoms with E-state index in [0.29, 0.717) is 47.4 Å². The predicted molar refractivity (Wildman–Crippen MR) is 112 cm³/mol. The van der Waals surface area contributed by atoms with Crippen LogP contribution in [0.1, 0.15) is 21.7 Å². The second kappa shape index (κ2) is 8.87. The first-order valence-corrected chi connectivity index (χ1v) is 9.70. The first-order valence-electron chi connectivity index (χ1n) is 9.32. The van der Waals surface area contributed by atoms with Crippen LogP contribution in [-0.2, 0) is 13.0 Å². The van der Waals surface area contributed by atoms with Gasteiger partial charge in [-0.25, -0.2) is 4.39 Å². The van der Waals surface area contributed by atoms with Gasteiger partial charge in [0, 0.05) is 30.1 Å². The zero-order chi connectivity index (χ0) is 20.9. The largest absolute Gasteiger partial charge is 0.365 e. The fourth-order valence-corrected chi connectivity index (χ4v) is 3.00. The summed E-state index contributed by atoms with van der Waals surface area (Å²) < 4.78 is 14.6. The van der Waals surface area contributed by atoms with Crippen molar-refractivity contribution < 1.29 is 9.18 Å². The number of aromatic nitrogens is 4. The summed E-state index contributed by atoms with van der Waals surface area (Å²) in [6.45, 7) is 0.946. The number of carbonyl (C=O) groups is 1. The minimum absolute atomic E-state index is 0.276.